The van der Waals surface area contributed by atoms with Crippen LogP contribution in [0.2, 0.25) is 0 Å². The van der Waals surface area contributed by atoms with Gasteiger partial charge in [-0.1, -0.05) is 115 Å². The highest BCUT2D eigenvalue weighted by molar-refractivity contribution is 14.1. The van der Waals surface area contributed by atoms with Crippen LogP contribution in [-0.2, 0) is 14.2 Å². The molecule has 0 saturated carbocycles. The van der Waals surface area contributed by atoms with Gasteiger partial charge in [-0.05, 0) is 141 Å². The number of para-hydroxylation sites is 4. The van der Waals surface area contributed by atoms with Gasteiger partial charge >= 0.3 is 29.7 Å². The highest BCUT2D eigenvalue weighted by atomic mass is 127. The van der Waals surface area contributed by atoms with Crippen LogP contribution in [0.3, 0.4) is 0 Å². The smallest absolute Gasteiger partial charge is 0.415 e. The predicted molar refractivity (Wildman–Crippen MR) is 319 cm³/mol. The summed E-state index contributed by atoms with van der Waals surface area (Å²) >= 11 is 2.07. The Kier molecular flexibility index (Phi) is 17.3. The van der Waals surface area contributed by atoms with Gasteiger partial charge in [-0.25, -0.2) is 43.5 Å². The molecule has 4 N–H and O–H groups in total. The van der Waals surface area contributed by atoms with Crippen molar-refractivity contribution < 1.29 is 37.4 Å². The third-order valence-electron chi connectivity index (χ3n) is 13.5. The fourth-order valence-electron chi connectivity index (χ4n) is 9.90. The number of H-pyrrole nitrogens is 3. The Morgan fingerprint density at radius 2 is 0.916 bits per heavy atom. The summed E-state index contributed by atoms with van der Waals surface area (Å²) in [5, 5.41) is 2.80. The number of carbonyl (C=O) groups is 3. The van der Waals surface area contributed by atoms with Crippen LogP contribution in [-0.4, -0.2) is 69.6 Å². The summed E-state index contributed by atoms with van der Waals surface area (Å²) in [5.41, 5.74) is 5.04. The van der Waals surface area contributed by atoms with E-state index in [0.29, 0.717) is 17.2 Å². The van der Waals surface area contributed by atoms with Gasteiger partial charge in [0, 0.05) is 9.77 Å². The summed E-state index contributed by atoms with van der Waals surface area (Å²) in [6, 6.07) is 52.8. The van der Waals surface area contributed by atoms with Gasteiger partial charge in [-0.2, -0.15) is 8.78 Å². The lowest BCUT2D eigenvalue weighted by molar-refractivity contribution is 0.0675. The van der Waals surface area contributed by atoms with Crippen molar-refractivity contribution in [3.63, 3.8) is 0 Å². The van der Waals surface area contributed by atoms with E-state index in [9.17, 15) is 32.8 Å². The molecule has 0 aliphatic carbocycles. The van der Waals surface area contributed by atoms with Crippen molar-refractivity contribution in [3.8, 4) is 5.82 Å². The molecule has 0 spiro atoms. The van der Waals surface area contributed by atoms with Gasteiger partial charge in [0.25, 0.3) is 0 Å². The molecule has 0 radical (unpaired) electrons. The summed E-state index contributed by atoms with van der Waals surface area (Å²) in [7, 11) is 0. The number of hydrogen-bond acceptors (Lipinski definition) is 11. The largest absolute Gasteiger partial charge is 0.441 e. The van der Waals surface area contributed by atoms with Gasteiger partial charge < -0.3 is 34.5 Å². The quantitative estimate of drug-likeness (QED) is 0.0696. The van der Waals surface area contributed by atoms with E-state index < -0.39 is 40.9 Å². The summed E-state index contributed by atoms with van der Waals surface area (Å²) in [6.07, 6.45) is 3.20. The minimum atomic E-state index is -0.703. The number of rotatable bonds is 6. The number of fused-ring (bicyclic) bond motifs is 2. The van der Waals surface area contributed by atoms with Crippen LogP contribution in [0.4, 0.5) is 34.5 Å². The van der Waals surface area contributed by atoms with Gasteiger partial charge in [-0.15, -0.1) is 0 Å². The fourth-order valence-corrected chi connectivity index (χ4v) is 10.2. The minimum Gasteiger partial charge on any atom is -0.441 e. The maximum absolute atomic E-state index is 13.0. The number of aromatic nitrogens is 7. The molecule has 5 aromatic carbocycles. The van der Waals surface area contributed by atoms with Gasteiger partial charge in [0.15, 0.2) is 0 Å². The van der Waals surface area contributed by atoms with Crippen molar-refractivity contribution in [2.75, 3.05) is 9.80 Å². The lowest BCUT2D eigenvalue weighted by Crippen LogP contribution is -2.33. The number of imidazole rings is 2. The van der Waals surface area contributed by atoms with Crippen molar-refractivity contribution in [2.24, 2.45) is 0 Å². The van der Waals surface area contributed by atoms with Gasteiger partial charge in [-0.3, -0.25) is 9.80 Å². The molecule has 3 saturated heterocycles. The van der Waals surface area contributed by atoms with Gasteiger partial charge in [0.05, 0.1) is 51.9 Å². The van der Waals surface area contributed by atoms with Crippen molar-refractivity contribution in [2.45, 2.75) is 76.5 Å². The number of pyridine rings is 3. The van der Waals surface area contributed by atoms with Crippen LogP contribution in [0.15, 0.2) is 204 Å². The topological polar surface area (TPSA) is 223 Å². The molecule has 3 atom stereocenters. The zero-order valence-corrected chi connectivity index (χ0v) is 47.9. The zero-order valence-electron chi connectivity index (χ0n) is 45.8. The molecule has 424 valence electrons. The lowest BCUT2D eigenvalue weighted by atomic mass is 9.91. The van der Waals surface area contributed by atoms with E-state index in [4.69, 9.17) is 14.2 Å². The second-order valence-corrected chi connectivity index (χ2v) is 22.0. The molecule has 3 fully saturated rings. The third kappa shape index (κ3) is 13.5. The van der Waals surface area contributed by atoms with E-state index >= 15 is 0 Å². The standard InChI is InChI=1S/C23H20N4O3.C16H15FN2O2.C11H13NO2.C7H6N2O.C5H3FIN/c1-23(2)20(15-8-4-3-5-9-15)26(22(29)30-23)16-12-13-19(24-14-16)27-18-11-7-6-10-17(18)25-21(27)28;1-16(2)14(11-6-4-3-5-7-11)19(15(20)21-16)12-8-9-13(17)18-10-12;1-11(2)9(12-10(13)14-11)8-6-4-3-5-7-8;10-7-8-5-3-1-2-4-6(5)9-7;6-5-2-1-4(7)3-8-5/h3-14,20H,1-2H3,(H,25,28);3-10,14H,1-2H3;3-7,9H,1-2H3,(H,12,13);1-4H,(H2,8,9,10);1-3H/t20-;14-;9-;;/m000../s1. The maximum atomic E-state index is 13.0. The van der Waals surface area contributed by atoms with E-state index in [-0.39, 0.29) is 35.6 Å². The van der Waals surface area contributed by atoms with Crippen molar-refractivity contribution in [1.82, 2.24) is 39.8 Å². The number of benzene rings is 5. The molecule has 21 heteroatoms. The second-order valence-electron chi connectivity index (χ2n) is 20.7. The summed E-state index contributed by atoms with van der Waals surface area (Å²) in [6.45, 7) is 11.3. The van der Waals surface area contributed by atoms with E-state index in [2.05, 4.69) is 57.8 Å². The Morgan fingerprint density at radius 3 is 1.35 bits per heavy atom. The Bertz CT molecular complexity index is 3920. The van der Waals surface area contributed by atoms with Crippen LogP contribution in [0.25, 0.3) is 27.9 Å². The van der Waals surface area contributed by atoms with Crippen molar-refractivity contribution >= 4 is 74.3 Å². The minimum absolute atomic E-state index is 0.0591. The molecule has 83 heavy (non-hydrogen) atoms. The average Bonchev–Trinajstić information content (AvgIpc) is 4.19. The summed E-state index contributed by atoms with van der Waals surface area (Å²) in [5.74, 6) is -0.531. The molecule has 0 bridgehead atoms. The number of anilines is 2. The molecule has 18 nitrogen and oxygen atoms in total. The second kappa shape index (κ2) is 24.7. The molecule has 0 unspecified atom stereocenters. The Morgan fingerprint density at radius 1 is 0.470 bits per heavy atom. The number of cyclic esters (lactones) is 3. The first-order chi connectivity index (χ1) is 39.7. The number of aromatic amines is 3. The van der Waals surface area contributed by atoms with E-state index in [1.54, 1.807) is 29.3 Å². The van der Waals surface area contributed by atoms with Crippen molar-refractivity contribution in [3.05, 3.63) is 248 Å². The molecule has 5 aromatic heterocycles. The Hall–Kier alpha value is -9.51. The van der Waals surface area contributed by atoms with Crippen LogP contribution < -0.4 is 26.5 Å². The zero-order chi connectivity index (χ0) is 59.1. The fraction of sp³-hybridized carbons (Fsp3) is 0.194. The number of ether oxygens (including phenoxy) is 3. The first kappa shape index (κ1) is 58.2. The van der Waals surface area contributed by atoms with Crippen LogP contribution in [0.5, 0.6) is 0 Å². The first-order valence-electron chi connectivity index (χ1n) is 26.1. The number of halogens is 3. The first-order valence-corrected chi connectivity index (χ1v) is 27.2. The monoisotopic (exact) mass is 1230 g/mol. The summed E-state index contributed by atoms with van der Waals surface area (Å²) < 4.78 is 43.7. The SMILES string of the molecule is CC1(C)OC(=O)N(c2ccc(-n3c(=O)[nH]c4ccccc43)nc2)[C@H]1c1ccccc1.CC1(C)OC(=O)N(c2ccc(F)nc2)[C@H]1c1ccccc1.CC1(C)OC(=O)N[C@H]1c1ccccc1.Fc1ccc(I)cn1.O=c1[nH]c2ccccc2[nH]1. The molecular formula is C62H57F2IN10O8. The number of amides is 3. The van der Waals surface area contributed by atoms with E-state index in [1.807, 2.05) is 181 Å². The van der Waals surface area contributed by atoms with Crippen LogP contribution in [0, 0.1) is 15.5 Å². The van der Waals surface area contributed by atoms with Crippen molar-refractivity contribution in [1.29, 1.82) is 0 Å². The van der Waals surface area contributed by atoms with E-state index in [0.717, 1.165) is 42.3 Å². The molecule has 13 rings (SSSR count). The maximum Gasteiger partial charge on any atom is 0.415 e. The molecular weight excluding hydrogens is 1180 g/mol. The normalized spacial score (nSPS) is 17.9. The van der Waals surface area contributed by atoms with Crippen LogP contribution >= 0.6 is 22.6 Å². The average molecular weight is 1240 g/mol. The molecule has 8 heterocycles. The number of alkyl carbamates (subject to hydrolysis) is 1. The summed E-state index contributed by atoms with van der Waals surface area (Å²) in [4.78, 5) is 82.0. The predicted octanol–water partition coefficient (Wildman–Crippen LogP) is 12.8. The lowest BCUT2D eigenvalue weighted by Gasteiger charge is -2.29. The highest BCUT2D eigenvalue weighted by Gasteiger charge is 2.50. The number of nitrogens with one attached hydrogen (secondary N) is 4. The number of carbonyl (C=O) groups excluding carboxylic acids is 3. The Labute approximate surface area is 488 Å². The van der Waals surface area contributed by atoms with Crippen LogP contribution in [0.1, 0.15) is 76.4 Å². The molecule has 3 aliphatic heterocycles. The molecule has 3 amide bonds. The Balaban J connectivity index is 0.000000135. The van der Waals surface area contributed by atoms with Gasteiger partial charge in [0.2, 0.25) is 11.9 Å². The molecule has 3 aliphatic rings. The molecule has 10 aromatic rings. The number of nitrogens with zero attached hydrogens (tertiary/aromatic N) is 6. The van der Waals surface area contributed by atoms with E-state index in [1.165, 1.54) is 40.1 Å². The van der Waals surface area contributed by atoms with Gasteiger partial charge in [0.1, 0.15) is 34.7 Å². The highest BCUT2D eigenvalue weighted by Crippen LogP contribution is 2.45. The number of hydrogen-bond donors (Lipinski definition) is 4. The third-order valence-corrected chi connectivity index (χ3v) is 14.2.